The Balaban J connectivity index is 2.07. The summed E-state index contributed by atoms with van der Waals surface area (Å²) in [6.07, 6.45) is 0. The lowest BCUT2D eigenvalue weighted by Crippen LogP contribution is -3.04. The van der Waals surface area contributed by atoms with Crippen LogP contribution < -0.4 is 25.4 Å². The molecule has 2 aromatic carbocycles. The van der Waals surface area contributed by atoms with E-state index in [-0.39, 0.29) is 12.5 Å². The molecule has 0 bridgehead atoms. The third-order valence-corrected chi connectivity index (χ3v) is 3.90. The third kappa shape index (κ3) is 6.00. The summed E-state index contributed by atoms with van der Waals surface area (Å²) >= 11 is 0. The van der Waals surface area contributed by atoms with Crippen LogP contribution in [0.1, 0.15) is 21.5 Å². The van der Waals surface area contributed by atoms with Gasteiger partial charge in [0.2, 0.25) is 0 Å². The van der Waals surface area contributed by atoms with Crippen LogP contribution in [0.15, 0.2) is 42.5 Å². The molecular weight excluding hydrogens is 346 g/mol. The number of amides is 2. The van der Waals surface area contributed by atoms with Crippen LogP contribution in [0.3, 0.4) is 0 Å². The standard InChI is InChI=1S/C20H25N3O4/c1-23(2)12-16-7-5-4-6-15(16)11-22-20(25)14-8-9-17(18(10-14)26-3)27-13-19(21)24/h4-10H,11-13H2,1-3H3,(H2,21,24)(H,22,25)/p+1. The summed E-state index contributed by atoms with van der Waals surface area (Å²) in [6, 6.07) is 12.8. The van der Waals surface area contributed by atoms with Crippen LogP contribution in [0.25, 0.3) is 0 Å². The number of hydrogen-bond donors (Lipinski definition) is 3. The maximum Gasteiger partial charge on any atom is 0.255 e. The molecule has 144 valence electrons. The molecule has 27 heavy (non-hydrogen) atoms. The van der Waals surface area contributed by atoms with Crippen LogP contribution in [0.5, 0.6) is 11.5 Å². The van der Waals surface area contributed by atoms with Crippen molar-refractivity contribution in [2.75, 3.05) is 27.8 Å². The lowest BCUT2D eigenvalue weighted by Gasteiger charge is -2.14. The molecule has 7 heteroatoms. The lowest BCUT2D eigenvalue weighted by molar-refractivity contribution is -0.872. The van der Waals surface area contributed by atoms with Gasteiger partial charge in [0.25, 0.3) is 11.8 Å². The van der Waals surface area contributed by atoms with Gasteiger partial charge in [-0.1, -0.05) is 24.3 Å². The van der Waals surface area contributed by atoms with Crippen molar-refractivity contribution in [2.24, 2.45) is 5.73 Å². The first kappa shape index (κ1) is 20.3. The molecule has 0 unspecified atom stereocenters. The van der Waals surface area contributed by atoms with Gasteiger partial charge in [0.15, 0.2) is 18.1 Å². The molecule has 0 aliphatic rings. The second-order valence-corrected chi connectivity index (χ2v) is 6.46. The number of nitrogens with two attached hydrogens (primary N) is 1. The molecule has 0 spiro atoms. The van der Waals surface area contributed by atoms with Gasteiger partial charge in [-0.3, -0.25) is 9.59 Å². The van der Waals surface area contributed by atoms with Crippen molar-refractivity contribution in [3.63, 3.8) is 0 Å². The van der Waals surface area contributed by atoms with Crippen molar-refractivity contribution in [1.82, 2.24) is 5.32 Å². The average molecular weight is 372 g/mol. The molecule has 0 radical (unpaired) electrons. The van der Waals surface area contributed by atoms with Crippen molar-refractivity contribution < 1.29 is 24.0 Å². The molecule has 7 nitrogen and oxygen atoms in total. The van der Waals surface area contributed by atoms with E-state index in [0.717, 1.165) is 12.1 Å². The first-order valence-electron chi connectivity index (χ1n) is 8.64. The molecule has 0 aliphatic carbocycles. The Morgan fingerprint density at radius 1 is 1.07 bits per heavy atom. The minimum absolute atomic E-state index is 0.221. The fourth-order valence-corrected chi connectivity index (χ4v) is 2.64. The highest BCUT2D eigenvalue weighted by molar-refractivity contribution is 5.94. The maximum absolute atomic E-state index is 12.5. The summed E-state index contributed by atoms with van der Waals surface area (Å²) in [5.41, 5.74) is 7.80. The SMILES string of the molecule is COc1cc(C(=O)NCc2ccccc2C[NH+](C)C)ccc1OCC(N)=O. The van der Waals surface area contributed by atoms with Crippen LogP contribution in [0.4, 0.5) is 0 Å². The average Bonchev–Trinajstić information content (AvgIpc) is 2.64. The van der Waals surface area contributed by atoms with Crippen LogP contribution >= 0.6 is 0 Å². The van der Waals surface area contributed by atoms with Crippen LogP contribution in [-0.4, -0.2) is 39.6 Å². The van der Waals surface area contributed by atoms with Crippen molar-refractivity contribution in [3.8, 4) is 11.5 Å². The Morgan fingerprint density at radius 2 is 1.78 bits per heavy atom. The van der Waals surface area contributed by atoms with Gasteiger partial charge >= 0.3 is 0 Å². The van der Waals surface area contributed by atoms with Gasteiger partial charge in [0.1, 0.15) is 6.54 Å². The lowest BCUT2D eigenvalue weighted by atomic mass is 10.1. The van der Waals surface area contributed by atoms with E-state index in [4.69, 9.17) is 15.2 Å². The van der Waals surface area contributed by atoms with E-state index in [0.29, 0.717) is 23.6 Å². The molecule has 2 rings (SSSR count). The van der Waals surface area contributed by atoms with E-state index in [1.807, 2.05) is 18.2 Å². The van der Waals surface area contributed by atoms with E-state index in [1.54, 1.807) is 18.2 Å². The molecule has 0 aliphatic heterocycles. The van der Waals surface area contributed by atoms with Gasteiger partial charge in [-0.25, -0.2) is 0 Å². The second-order valence-electron chi connectivity index (χ2n) is 6.46. The summed E-state index contributed by atoms with van der Waals surface area (Å²) < 4.78 is 10.5. The molecule has 0 heterocycles. The quantitative estimate of drug-likeness (QED) is 0.583. The Hall–Kier alpha value is -3.06. The van der Waals surface area contributed by atoms with Gasteiger partial charge in [0, 0.05) is 17.7 Å². The first-order chi connectivity index (χ1) is 12.9. The van der Waals surface area contributed by atoms with Gasteiger partial charge < -0.3 is 25.4 Å². The smallest absolute Gasteiger partial charge is 0.255 e. The summed E-state index contributed by atoms with van der Waals surface area (Å²) in [4.78, 5) is 24.7. The number of primary amides is 1. The number of methoxy groups -OCH3 is 1. The number of carbonyl (C=O) groups excluding carboxylic acids is 2. The predicted molar refractivity (Wildman–Crippen MR) is 102 cm³/mol. The zero-order valence-corrected chi connectivity index (χ0v) is 15.9. The van der Waals surface area contributed by atoms with Gasteiger partial charge in [-0.2, -0.15) is 0 Å². The highest BCUT2D eigenvalue weighted by Crippen LogP contribution is 2.28. The Labute approximate surface area is 159 Å². The molecule has 4 N–H and O–H groups in total. The first-order valence-corrected chi connectivity index (χ1v) is 8.64. The number of quaternary nitrogens is 1. The van der Waals surface area contributed by atoms with E-state index in [2.05, 4.69) is 25.5 Å². The third-order valence-electron chi connectivity index (χ3n) is 3.90. The minimum Gasteiger partial charge on any atom is -0.493 e. The Morgan fingerprint density at radius 3 is 2.41 bits per heavy atom. The number of hydrogen-bond acceptors (Lipinski definition) is 4. The largest absolute Gasteiger partial charge is 0.493 e. The molecule has 0 saturated carbocycles. The molecule has 0 aromatic heterocycles. The van der Waals surface area contributed by atoms with Crippen molar-refractivity contribution in [2.45, 2.75) is 13.1 Å². The number of nitrogens with one attached hydrogen (secondary N) is 2. The summed E-state index contributed by atoms with van der Waals surface area (Å²) in [5, 5.41) is 2.93. The molecule has 2 aromatic rings. The highest BCUT2D eigenvalue weighted by atomic mass is 16.5. The van der Waals surface area contributed by atoms with Crippen molar-refractivity contribution >= 4 is 11.8 Å². The number of ether oxygens (including phenoxy) is 2. The number of benzene rings is 2. The summed E-state index contributed by atoms with van der Waals surface area (Å²) in [6.45, 7) is 1.06. The monoisotopic (exact) mass is 372 g/mol. The molecule has 2 amide bonds. The summed E-state index contributed by atoms with van der Waals surface area (Å²) in [7, 11) is 5.64. The van der Waals surface area contributed by atoms with E-state index >= 15 is 0 Å². The zero-order valence-electron chi connectivity index (χ0n) is 15.9. The van der Waals surface area contributed by atoms with E-state index in [1.165, 1.54) is 17.6 Å². The van der Waals surface area contributed by atoms with E-state index < -0.39 is 5.91 Å². The summed E-state index contributed by atoms with van der Waals surface area (Å²) in [5.74, 6) is -0.0912. The van der Waals surface area contributed by atoms with Crippen LogP contribution in [-0.2, 0) is 17.9 Å². The maximum atomic E-state index is 12.5. The zero-order chi connectivity index (χ0) is 19.8. The fourth-order valence-electron chi connectivity index (χ4n) is 2.64. The minimum atomic E-state index is -0.586. The number of carbonyl (C=O) groups is 2. The van der Waals surface area contributed by atoms with Crippen molar-refractivity contribution in [3.05, 3.63) is 59.2 Å². The number of rotatable bonds is 9. The normalized spacial score (nSPS) is 10.5. The second kappa shape index (κ2) is 9.59. The Bertz CT molecular complexity index is 806. The molecular formula is C20H26N3O4+. The van der Waals surface area contributed by atoms with Crippen molar-refractivity contribution in [1.29, 1.82) is 0 Å². The highest BCUT2D eigenvalue weighted by Gasteiger charge is 2.13. The van der Waals surface area contributed by atoms with Gasteiger partial charge in [-0.05, 0) is 23.8 Å². The van der Waals surface area contributed by atoms with Gasteiger partial charge in [0.05, 0.1) is 21.2 Å². The molecule has 0 saturated heterocycles. The van der Waals surface area contributed by atoms with Crippen LogP contribution in [0, 0.1) is 0 Å². The topological polar surface area (TPSA) is 95.1 Å². The van der Waals surface area contributed by atoms with E-state index in [9.17, 15) is 9.59 Å². The molecule has 0 atom stereocenters. The predicted octanol–water partition coefficient (Wildman–Crippen LogP) is 0.134. The van der Waals surface area contributed by atoms with Gasteiger partial charge in [-0.15, -0.1) is 0 Å². The molecule has 0 fully saturated rings. The van der Waals surface area contributed by atoms with Crippen LogP contribution in [0.2, 0.25) is 0 Å². The fraction of sp³-hybridized carbons (Fsp3) is 0.300. The Kier molecular flexibility index (Phi) is 7.19.